The van der Waals surface area contributed by atoms with Gasteiger partial charge in [-0.25, -0.2) is 0 Å². The SMILES string of the molecule is Cc1ccc(N(C)CCNCc2cc(Br)cs2)c(C)c1. The number of halogens is 1. The first-order valence-electron chi connectivity index (χ1n) is 6.78. The van der Waals surface area contributed by atoms with E-state index >= 15 is 0 Å². The molecular formula is C16H21BrN2S. The van der Waals surface area contributed by atoms with Gasteiger partial charge in [0.15, 0.2) is 0 Å². The number of hydrogen-bond donors (Lipinski definition) is 1. The summed E-state index contributed by atoms with van der Waals surface area (Å²) in [4.78, 5) is 3.68. The zero-order valence-electron chi connectivity index (χ0n) is 12.2. The Bertz CT molecular complexity index is 565. The lowest BCUT2D eigenvalue weighted by Crippen LogP contribution is -2.29. The minimum Gasteiger partial charge on any atom is -0.373 e. The van der Waals surface area contributed by atoms with E-state index in [0.717, 1.165) is 19.6 Å². The Labute approximate surface area is 133 Å². The van der Waals surface area contributed by atoms with Crippen molar-refractivity contribution >= 4 is 33.0 Å². The van der Waals surface area contributed by atoms with Crippen LogP contribution in [0, 0.1) is 13.8 Å². The van der Waals surface area contributed by atoms with Gasteiger partial charge in [0.2, 0.25) is 0 Å². The average molecular weight is 353 g/mol. The molecule has 0 bridgehead atoms. The van der Waals surface area contributed by atoms with Crippen LogP contribution < -0.4 is 10.2 Å². The summed E-state index contributed by atoms with van der Waals surface area (Å²) in [5.41, 5.74) is 3.98. The van der Waals surface area contributed by atoms with E-state index < -0.39 is 0 Å². The number of thiophene rings is 1. The van der Waals surface area contributed by atoms with Gasteiger partial charge in [0.05, 0.1) is 0 Å². The topological polar surface area (TPSA) is 15.3 Å². The normalized spacial score (nSPS) is 10.8. The summed E-state index contributed by atoms with van der Waals surface area (Å²) in [6.45, 7) is 7.25. The van der Waals surface area contributed by atoms with Crippen LogP contribution >= 0.6 is 27.3 Å². The van der Waals surface area contributed by atoms with Crippen LogP contribution in [-0.4, -0.2) is 20.1 Å². The predicted octanol–water partition coefficient (Wildman–Crippen LogP) is 4.35. The van der Waals surface area contributed by atoms with Gasteiger partial charge in [0, 0.05) is 47.1 Å². The number of nitrogens with one attached hydrogen (secondary N) is 1. The van der Waals surface area contributed by atoms with Crippen molar-refractivity contribution in [3.63, 3.8) is 0 Å². The molecule has 2 aromatic rings. The molecule has 20 heavy (non-hydrogen) atoms. The first kappa shape index (κ1) is 15.5. The van der Waals surface area contributed by atoms with Crippen LogP contribution in [0.4, 0.5) is 5.69 Å². The molecule has 0 aliphatic carbocycles. The Hall–Kier alpha value is -0.840. The van der Waals surface area contributed by atoms with Crippen LogP contribution in [0.15, 0.2) is 34.1 Å². The number of rotatable bonds is 6. The highest BCUT2D eigenvalue weighted by Gasteiger charge is 2.04. The molecule has 0 fully saturated rings. The van der Waals surface area contributed by atoms with E-state index in [2.05, 4.69) is 76.7 Å². The third-order valence-electron chi connectivity index (χ3n) is 3.31. The van der Waals surface area contributed by atoms with Crippen molar-refractivity contribution in [2.75, 3.05) is 25.0 Å². The Morgan fingerprint density at radius 1 is 1.25 bits per heavy atom. The highest BCUT2D eigenvalue weighted by Crippen LogP contribution is 2.20. The maximum Gasteiger partial charge on any atom is 0.0393 e. The Morgan fingerprint density at radius 3 is 2.70 bits per heavy atom. The summed E-state index contributed by atoms with van der Waals surface area (Å²) < 4.78 is 1.17. The first-order valence-corrected chi connectivity index (χ1v) is 8.45. The van der Waals surface area contributed by atoms with Gasteiger partial charge in [-0.15, -0.1) is 11.3 Å². The van der Waals surface area contributed by atoms with Crippen molar-refractivity contribution in [1.29, 1.82) is 0 Å². The Morgan fingerprint density at radius 2 is 2.05 bits per heavy atom. The van der Waals surface area contributed by atoms with E-state index in [-0.39, 0.29) is 0 Å². The van der Waals surface area contributed by atoms with Crippen molar-refractivity contribution in [3.05, 3.63) is 50.1 Å². The largest absolute Gasteiger partial charge is 0.373 e. The van der Waals surface area contributed by atoms with Crippen molar-refractivity contribution in [1.82, 2.24) is 5.32 Å². The van der Waals surface area contributed by atoms with Crippen LogP contribution in [0.1, 0.15) is 16.0 Å². The molecule has 108 valence electrons. The molecule has 0 spiro atoms. The van der Waals surface area contributed by atoms with E-state index in [4.69, 9.17) is 0 Å². The predicted molar refractivity (Wildman–Crippen MR) is 92.9 cm³/mol. The fourth-order valence-electron chi connectivity index (χ4n) is 2.26. The lowest BCUT2D eigenvalue weighted by atomic mass is 10.1. The number of benzene rings is 1. The number of aryl methyl sites for hydroxylation is 2. The lowest BCUT2D eigenvalue weighted by molar-refractivity contribution is 0.685. The van der Waals surface area contributed by atoms with E-state index in [9.17, 15) is 0 Å². The van der Waals surface area contributed by atoms with Gasteiger partial charge in [-0.3, -0.25) is 0 Å². The third kappa shape index (κ3) is 4.33. The summed E-state index contributed by atoms with van der Waals surface area (Å²) in [7, 11) is 2.15. The second-order valence-electron chi connectivity index (χ2n) is 5.12. The van der Waals surface area contributed by atoms with Crippen LogP contribution in [0.2, 0.25) is 0 Å². The van der Waals surface area contributed by atoms with Crippen LogP contribution in [0.3, 0.4) is 0 Å². The fraction of sp³-hybridized carbons (Fsp3) is 0.375. The highest BCUT2D eigenvalue weighted by molar-refractivity contribution is 9.10. The molecule has 1 heterocycles. The standard InChI is InChI=1S/C16H21BrN2S/c1-12-4-5-16(13(2)8-12)19(3)7-6-18-10-15-9-14(17)11-20-15/h4-5,8-9,11,18H,6-7,10H2,1-3H3. The molecule has 0 saturated heterocycles. The maximum absolute atomic E-state index is 3.49. The summed E-state index contributed by atoms with van der Waals surface area (Å²) in [5.74, 6) is 0. The first-order chi connectivity index (χ1) is 9.56. The molecule has 0 amide bonds. The van der Waals surface area contributed by atoms with Crippen molar-refractivity contribution in [2.45, 2.75) is 20.4 Å². The molecule has 2 nitrogen and oxygen atoms in total. The average Bonchev–Trinajstić information content (AvgIpc) is 2.80. The van der Waals surface area contributed by atoms with Gasteiger partial charge in [0.25, 0.3) is 0 Å². The quantitative estimate of drug-likeness (QED) is 0.777. The molecular weight excluding hydrogens is 332 g/mol. The molecule has 0 aliphatic heterocycles. The molecule has 1 aromatic heterocycles. The number of likely N-dealkylation sites (N-methyl/N-ethyl adjacent to an activating group) is 1. The zero-order valence-corrected chi connectivity index (χ0v) is 14.6. The second-order valence-corrected chi connectivity index (χ2v) is 7.03. The maximum atomic E-state index is 3.49. The Kier molecular flexibility index (Phi) is 5.64. The van der Waals surface area contributed by atoms with Crippen LogP contribution in [-0.2, 0) is 6.54 Å². The number of hydrogen-bond acceptors (Lipinski definition) is 3. The van der Waals surface area contributed by atoms with Gasteiger partial charge >= 0.3 is 0 Å². The van der Waals surface area contributed by atoms with E-state index in [1.165, 1.54) is 26.2 Å². The van der Waals surface area contributed by atoms with Crippen LogP contribution in [0.5, 0.6) is 0 Å². The summed E-state index contributed by atoms with van der Waals surface area (Å²) >= 11 is 5.27. The molecule has 0 aliphatic rings. The van der Waals surface area contributed by atoms with Crippen LogP contribution in [0.25, 0.3) is 0 Å². The van der Waals surface area contributed by atoms with Crippen molar-refractivity contribution < 1.29 is 0 Å². The smallest absolute Gasteiger partial charge is 0.0393 e. The molecule has 2 rings (SSSR count). The lowest BCUT2D eigenvalue weighted by Gasteiger charge is -2.22. The number of anilines is 1. The molecule has 0 unspecified atom stereocenters. The van der Waals surface area contributed by atoms with Gasteiger partial charge in [0.1, 0.15) is 0 Å². The molecule has 1 N–H and O–H groups in total. The van der Waals surface area contributed by atoms with Gasteiger partial charge in [-0.1, -0.05) is 17.7 Å². The van der Waals surface area contributed by atoms with E-state index in [1.807, 2.05) is 0 Å². The summed E-state index contributed by atoms with van der Waals surface area (Å²) in [5, 5.41) is 5.62. The summed E-state index contributed by atoms with van der Waals surface area (Å²) in [6, 6.07) is 8.80. The minimum absolute atomic E-state index is 0.941. The van der Waals surface area contributed by atoms with Gasteiger partial charge in [-0.05, 0) is 47.5 Å². The minimum atomic E-state index is 0.941. The van der Waals surface area contributed by atoms with E-state index in [1.54, 1.807) is 11.3 Å². The third-order valence-corrected chi connectivity index (χ3v) is 5.01. The van der Waals surface area contributed by atoms with Crippen molar-refractivity contribution in [2.24, 2.45) is 0 Å². The van der Waals surface area contributed by atoms with Gasteiger partial charge < -0.3 is 10.2 Å². The molecule has 1 aromatic carbocycles. The molecule has 0 atom stereocenters. The zero-order chi connectivity index (χ0) is 14.5. The molecule has 0 saturated carbocycles. The summed E-state index contributed by atoms with van der Waals surface area (Å²) in [6.07, 6.45) is 0. The fourth-order valence-corrected chi connectivity index (χ4v) is 3.68. The second kappa shape index (κ2) is 7.25. The molecule has 0 radical (unpaired) electrons. The van der Waals surface area contributed by atoms with Crippen molar-refractivity contribution in [3.8, 4) is 0 Å². The number of nitrogens with zero attached hydrogens (tertiary/aromatic N) is 1. The van der Waals surface area contributed by atoms with E-state index in [0.29, 0.717) is 0 Å². The Balaban J connectivity index is 1.78. The van der Waals surface area contributed by atoms with Gasteiger partial charge in [-0.2, -0.15) is 0 Å². The molecule has 4 heteroatoms. The highest BCUT2D eigenvalue weighted by atomic mass is 79.9. The monoisotopic (exact) mass is 352 g/mol.